The van der Waals surface area contributed by atoms with Crippen molar-refractivity contribution in [2.75, 3.05) is 20.7 Å². The molecule has 0 saturated heterocycles. The molecule has 4 nitrogen and oxygen atoms in total. The van der Waals surface area contributed by atoms with Gasteiger partial charge >= 0.3 is 0 Å². The first-order valence-corrected chi connectivity index (χ1v) is 9.13. The molecule has 0 aliphatic heterocycles. The molecule has 2 aromatic heterocycles. The van der Waals surface area contributed by atoms with Gasteiger partial charge in [-0.3, -0.25) is 4.79 Å². The van der Waals surface area contributed by atoms with Gasteiger partial charge in [-0.15, -0.1) is 22.7 Å². The van der Waals surface area contributed by atoms with E-state index in [0.29, 0.717) is 16.5 Å². The average Bonchev–Trinajstić information content (AvgIpc) is 3.11. The quantitative estimate of drug-likeness (QED) is 0.855. The largest absolute Gasteiger partial charge is 0.495 e. The van der Waals surface area contributed by atoms with E-state index in [4.69, 9.17) is 9.72 Å². The molecule has 0 fully saturated rings. The van der Waals surface area contributed by atoms with E-state index in [-0.39, 0.29) is 5.91 Å². The van der Waals surface area contributed by atoms with Crippen LogP contribution in [0.3, 0.4) is 0 Å². The van der Waals surface area contributed by atoms with Crippen molar-refractivity contribution >= 4 is 28.6 Å². The van der Waals surface area contributed by atoms with Crippen LogP contribution in [0.1, 0.15) is 44.0 Å². The molecule has 1 aliphatic carbocycles. The van der Waals surface area contributed by atoms with Crippen LogP contribution in [0.2, 0.25) is 0 Å². The Morgan fingerprint density at radius 3 is 3.14 bits per heavy atom. The summed E-state index contributed by atoms with van der Waals surface area (Å²) in [6.07, 6.45) is 3.42. The molecule has 1 amide bonds. The monoisotopic (exact) mass is 336 g/mol. The van der Waals surface area contributed by atoms with Crippen LogP contribution in [0.5, 0.6) is 5.75 Å². The second kappa shape index (κ2) is 6.38. The number of hydrogen-bond acceptors (Lipinski definition) is 5. The van der Waals surface area contributed by atoms with E-state index >= 15 is 0 Å². The van der Waals surface area contributed by atoms with Crippen molar-refractivity contribution < 1.29 is 9.53 Å². The lowest BCUT2D eigenvalue weighted by Gasteiger charge is -2.26. The molecule has 0 saturated carbocycles. The van der Waals surface area contributed by atoms with E-state index in [1.54, 1.807) is 18.4 Å². The van der Waals surface area contributed by atoms with E-state index in [1.165, 1.54) is 28.3 Å². The zero-order chi connectivity index (χ0) is 15.7. The number of ether oxygens (including phenoxy) is 1. The second-order valence-corrected chi connectivity index (χ2v) is 7.84. The molecular formula is C16H20N2O2S2. The van der Waals surface area contributed by atoms with Crippen LogP contribution in [0.4, 0.5) is 0 Å². The number of amides is 1. The number of likely N-dealkylation sites (N-methyl/N-ethyl adjacent to an activating group) is 1. The van der Waals surface area contributed by atoms with Crippen molar-refractivity contribution in [3.05, 3.63) is 31.9 Å². The fourth-order valence-corrected chi connectivity index (χ4v) is 4.92. The first kappa shape index (κ1) is 15.5. The summed E-state index contributed by atoms with van der Waals surface area (Å²) < 4.78 is 5.26. The van der Waals surface area contributed by atoms with Gasteiger partial charge in [0.15, 0.2) is 0 Å². The number of methoxy groups -OCH3 is 1. The Morgan fingerprint density at radius 2 is 2.36 bits per heavy atom. The SMILES string of the molecule is COc1ccsc1C(=O)N(C)C[C@@H]1CCCc2sc(C)nc21. The Hall–Kier alpha value is -1.40. The summed E-state index contributed by atoms with van der Waals surface area (Å²) in [5.74, 6) is 1.05. The molecule has 3 rings (SSSR count). The third kappa shape index (κ3) is 2.90. The van der Waals surface area contributed by atoms with Gasteiger partial charge in [0.05, 0.1) is 17.8 Å². The average molecular weight is 336 g/mol. The Balaban J connectivity index is 1.75. The van der Waals surface area contributed by atoms with E-state index < -0.39 is 0 Å². The highest BCUT2D eigenvalue weighted by Crippen LogP contribution is 2.35. The number of rotatable bonds is 4. The summed E-state index contributed by atoms with van der Waals surface area (Å²) in [6, 6.07) is 1.84. The summed E-state index contributed by atoms with van der Waals surface area (Å²) in [4.78, 5) is 21.2. The topological polar surface area (TPSA) is 42.4 Å². The van der Waals surface area contributed by atoms with Crippen LogP contribution in [0.25, 0.3) is 0 Å². The van der Waals surface area contributed by atoms with Crippen LogP contribution in [-0.4, -0.2) is 36.5 Å². The van der Waals surface area contributed by atoms with Crippen molar-refractivity contribution in [1.29, 1.82) is 0 Å². The van der Waals surface area contributed by atoms with Gasteiger partial charge in [0.25, 0.3) is 5.91 Å². The predicted octanol–water partition coefficient (Wildman–Crippen LogP) is 3.71. The molecule has 0 aromatic carbocycles. The normalized spacial score (nSPS) is 17.1. The highest BCUT2D eigenvalue weighted by Gasteiger charge is 2.27. The van der Waals surface area contributed by atoms with Crippen molar-refractivity contribution in [2.24, 2.45) is 0 Å². The maximum Gasteiger partial charge on any atom is 0.267 e. The smallest absolute Gasteiger partial charge is 0.267 e. The number of thiophene rings is 1. The van der Waals surface area contributed by atoms with Gasteiger partial charge in [0.2, 0.25) is 0 Å². The minimum atomic E-state index is 0.0333. The molecular weight excluding hydrogens is 316 g/mol. The molecule has 2 heterocycles. The van der Waals surface area contributed by atoms with Crippen LogP contribution < -0.4 is 4.74 Å². The number of carbonyl (C=O) groups excluding carboxylic acids is 1. The number of fused-ring (bicyclic) bond motifs is 1. The van der Waals surface area contributed by atoms with Crippen molar-refractivity contribution in [3.8, 4) is 5.75 Å². The summed E-state index contributed by atoms with van der Waals surface area (Å²) in [7, 11) is 3.47. The fraction of sp³-hybridized carbons (Fsp3) is 0.500. The summed E-state index contributed by atoms with van der Waals surface area (Å²) in [5, 5.41) is 3.02. The van der Waals surface area contributed by atoms with Crippen molar-refractivity contribution in [3.63, 3.8) is 0 Å². The van der Waals surface area contributed by atoms with E-state index in [1.807, 2.05) is 23.4 Å². The summed E-state index contributed by atoms with van der Waals surface area (Å²) in [5.41, 5.74) is 1.21. The second-order valence-electron chi connectivity index (χ2n) is 5.63. The number of thiazole rings is 1. The lowest BCUT2D eigenvalue weighted by atomic mass is 9.90. The molecule has 0 spiro atoms. The number of hydrogen-bond donors (Lipinski definition) is 0. The number of nitrogens with zero attached hydrogens (tertiary/aromatic N) is 2. The standard InChI is InChI=1S/C16H20N2O2S2/c1-10-17-14-11(5-4-6-13(14)22-10)9-18(2)16(19)15-12(20-3)7-8-21-15/h7-8,11H,4-6,9H2,1-3H3/t11-/m0/s1. The highest BCUT2D eigenvalue weighted by molar-refractivity contribution is 7.12. The van der Waals surface area contributed by atoms with Gasteiger partial charge in [-0.25, -0.2) is 4.98 Å². The van der Waals surface area contributed by atoms with Crippen LogP contribution in [0.15, 0.2) is 11.4 Å². The van der Waals surface area contributed by atoms with Gasteiger partial charge in [-0.1, -0.05) is 0 Å². The third-order valence-electron chi connectivity index (χ3n) is 4.06. The molecule has 118 valence electrons. The van der Waals surface area contributed by atoms with E-state index in [0.717, 1.165) is 24.4 Å². The molecule has 0 radical (unpaired) electrons. The molecule has 1 atom stereocenters. The number of aryl methyl sites for hydroxylation is 2. The van der Waals surface area contributed by atoms with Gasteiger partial charge in [-0.05, 0) is 37.6 Å². The third-order valence-corrected chi connectivity index (χ3v) is 5.99. The van der Waals surface area contributed by atoms with Crippen LogP contribution in [-0.2, 0) is 6.42 Å². The molecule has 22 heavy (non-hydrogen) atoms. The Morgan fingerprint density at radius 1 is 1.55 bits per heavy atom. The zero-order valence-corrected chi connectivity index (χ0v) is 14.7. The maximum atomic E-state index is 12.6. The van der Waals surface area contributed by atoms with E-state index in [2.05, 4.69) is 6.92 Å². The minimum absolute atomic E-state index is 0.0333. The molecule has 6 heteroatoms. The van der Waals surface area contributed by atoms with Crippen LogP contribution >= 0.6 is 22.7 Å². The molecule has 1 aliphatic rings. The van der Waals surface area contributed by atoms with E-state index in [9.17, 15) is 4.79 Å². The molecule has 0 N–H and O–H groups in total. The zero-order valence-electron chi connectivity index (χ0n) is 13.1. The molecule has 0 bridgehead atoms. The minimum Gasteiger partial charge on any atom is -0.495 e. The Labute approximate surface area is 138 Å². The predicted molar refractivity (Wildman–Crippen MR) is 90.4 cm³/mol. The molecule has 0 unspecified atom stereocenters. The van der Waals surface area contributed by atoms with Gasteiger partial charge in [0, 0.05) is 24.4 Å². The molecule has 2 aromatic rings. The number of aromatic nitrogens is 1. The lowest BCUT2D eigenvalue weighted by molar-refractivity contribution is 0.0785. The van der Waals surface area contributed by atoms with Crippen molar-refractivity contribution in [2.45, 2.75) is 32.1 Å². The fourth-order valence-electron chi connectivity index (χ4n) is 3.01. The summed E-state index contributed by atoms with van der Waals surface area (Å²) >= 11 is 3.23. The van der Waals surface area contributed by atoms with Gasteiger partial charge < -0.3 is 9.64 Å². The summed E-state index contributed by atoms with van der Waals surface area (Å²) in [6.45, 7) is 2.78. The maximum absolute atomic E-state index is 12.6. The Bertz CT molecular complexity index is 677. The first-order valence-electron chi connectivity index (χ1n) is 7.43. The Kier molecular flexibility index (Phi) is 4.49. The first-order chi connectivity index (χ1) is 10.6. The number of carbonyl (C=O) groups is 1. The van der Waals surface area contributed by atoms with Crippen LogP contribution in [0, 0.1) is 6.92 Å². The van der Waals surface area contributed by atoms with Crippen molar-refractivity contribution in [1.82, 2.24) is 9.88 Å². The van der Waals surface area contributed by atoms with Gasteiger partial charge in [-0.2, -0.15) is 0 Å². The highest BCUT2D eigenvalue weighted by atomic mass is 32.1. The lowest BCUT2D eigenvalue weighted by Crippen LogP contribution is -2.32. The van der Waals surface area contributed by atoms with Gasteiger partial charge in [0.1, 0.15) is 10.6 Å².